The summed E-state index contributed by atoms with van der Waals surface area (Å²) in [6.07, 6.45) is 4.02. The molecule has 0 spiro atoms. The van der Waals surface area contributed by atoms with Gasteiger partial charge in [-0.05, 0) is 39.2 Å². The maximum atomic E-state index is 11.3. The first-order chi connectivity index (χ1) is 6.24. The maximum Gasteiger partial charge on any atom is 0.236 e. The van der Waals surface area contributed by atoms with Gasteiger partial charge in [0.2, 0.25) is 5.91 Å². The summed E-state index contributed by atoms with van der Waals surface area (Å²) in [5.41, 5.74) is 0. The second kappa shape index (κ2) is 5.22. The van der Waals surface area contributed by atoms with Crippen molar-refractivity contribution in [3.8, 4) is 0 Å². The fraction of sp³-hybridized carbons (Fsp3) is 0.900. The first-order valence-corrected chi connectivity index (χ1v) is 5.25. The topological polar surface area (TPSA) is 41.1 Å². The van der Waals surface area contributed by atoms with Gasteiger partial charge in [0.1, 0.15) is 0 Å². The standard InChI is InChI=1S/C10H20N2O/c1-3-11-10(13)8(2)12-7-9-5-4-6-9/h8-9,12H,3-7H2,1-2H3,(H,11,13). The molecule has 0 bridgehead atoms. The van der Waals surface area contributed by atoms with E-state index in [9.17, 15) is 4.79 Å². The molecule has 0 aromatic rings. The highest BCUT2D eigenvalue weighted by atomic mass is 16.2. The lowest BCUT2D eigenvalue weighted by molar-refractivity contribution is -0.122. The van der Waals surface area contributed by atoms with Gasteiger partial charge >= 0.3 is 0 Å². The van der Waals surface area contributed by atoms with Crippen LogP contribution in [0, 0.1) is 5.92 Å². The molecular weight excluding hydrogens is 164 g/mol. The molecule has 13 heavy (non-hydrogen) atoms. The van der Waals surface area contributed by atoms with Gasteiger partial charge in [0, 0.05) is 6.54 Å². The molecule has 3 heteroatoms. The Bertz CT molecular complexity index is 166. The Morgan fingerprint density at radius 1 is 1.54 bits per heavy atom. The zero-order valence-electron chi connectivity index (χ0n) is 8.60. The van der Waals surface area contributed by atoms with E-state index < -0.39 is 0 Å². The zero-order valence-corrected chi connectivity index (χ0v) is 8.60. The summed E-state index contributed by atoms with van der Waals surface area (Å²) in [4.78, 5) is 11.3. The van der Waals surface area contributed by atoms with E-state index in [4.69, 9.17) is 0 Å². The first-order valence-electron chi connectivity index (χ1n) is 5.25. The summed E-state index contributed by atoms with van der Waals surface area (Å²) < 4.78 is 0. The Hall–Kier alpha value is -0.570. The van der Waals surface area contributed by atoms with Crippen LogP contribution in [0.25, 0.3) is 0 Å². The number of carbonyl (C=O) groups is 1. The summed E-state index contributed by atoms with van der Waals surface area (Å²) in [6, 6.07) is -0.0412. The molecule has 1 aliphatic rings. The number of hydrogen-bond donors (Lipinski definition) is 2. The quantitative estimate of drug-likeness (QED) is 0.666. The van der Waals surface area contributed by atoms with Gasteiger partial charge in [-0.1, -0.05) is 6.42 Å². The van der Waals surface area contributed by atoms with Gasteiger partial charge in [-0.3, -0.25) is 4.79 Å². The van der Waals surface area contributed by atoms with Crippen molar-refractivity contribution in [1.29, 1.82) is 0 Å². The fourth-order valence-corrected chi connectivity index (χ4v) is 1.46. The second-order valence-electron chi connectivity index (χ2n) is 3.82. The van der Waals surface area contributed by atoms with Crippen LogP contribution in [0.1, 0.15) is 33.1 Å². The monoisotopic (exact) mass is 184 g/mol. The average Bonchev–Trinajstić information content (AvgIpc) is 2.01. The Labute approximate surface area is 80.3 Å². The Morgan fingerprint density at radius 3 is 2.69 bits per heavy atom. The molecule has 3 nitrogen and oxygen atoms in total. The van der Waals surface area contributed by atoms with Crippen molar-refractivity contribution in [1.82, 2.24) is 10.6 Å². The van der Waals surface area contributed by atoms with Crippen molar-refractivity contribution >= 4 is 5.91 Å². The van der Waals surface area contributed by atoms with Crippen LogP contribution >= 0.6 is 0 Å². The van der Waals surface area contributed by atoms with E-state index in [1.54, 1.807) is 0 Å². The van der Waals surface area contributed by atoms with E-state index >= 15 is 0 Å². The van der Waals surface area contributed by atoms with Gasteiger partial charge in [-0.2, -0.15) is 0 Å². The molecule has 1 aliphatic carbocycles. The van der Waals surface area contributed by atoms with Gasteiger partial charge in [0.05, 0.1) is 6.04 Å². The fourth-order valence-electron chi connectivity index (χ4n) is 1.46. The van der Waals surface area contributed by atoms with Gasteiger partial charge in [-0.15, -0.1) is 0 Å². The minimum absolute atomic E-state index is 0.0412. The van der Waals surface area contributed by atoms with Gasteiger partial charge < -0.3 is 10.6 Å². The van der Waals surface area contributed by atoms with E-state index in [0.29, 0.717) is 6.54 Å². The molecule has 1 amide bonds. The van der Waals surface area contributed by atoms with Crippen molar-refractivity contribution < 1.29 is 4.79 Å². The lowest BCUT2D eigenvalue weighted by Gasteiger charge is -2.26. The number of rotatable bonds is 5. The Morgan fingerprint density at radius 2 is 2.23 bits per heavy atom. The van der Waals surface area contributed by atoms with Crippen molar-refractivity contribution in [2.24, 2.45) is 5.92 Å². The van der Waals surface area contributed by atoms with Crippen molar-refractivity contribution in [3.63, 3.8) is 0 Å². The second-order valence-corrected chi connectivity index (χ2v) is 3.82. The van der Waals surface area contributed by atoms with Gasteiger partial charge in [-0.25, -0.2) is 0 Å². The van der Waals surface area contributed by atoms with Gasteiger partial charge in [0.25, 0.3) is 0 Å². The normalized spacial score (nSPS) is 19.2. The third kappa shape index (κ3) is 3.35. The van der Waals surface area contributed by atoms with E-state index in [0.717, 1.165) is 12.5 Å². The molecular formula is C10H20N2O. The smallest absolute Gasteiger partial charge is 0.236 e. The number of amides is 1. The first kappa shape index (κ1) is 10.5. The highest BCUT2D eigenvalue weighted by Crippen LogP contribution is 2.25. The molecule has 1 atom stereocenters. The largest absolute Gasteiger partial charge is 0.355 e. The van der Waals surface area contributed by atoms with Crippen molar-refractivity contribution in [2.45, 2.75) is 39.2 Å². The number of carbonyl (C=O) groups excluding carboxylic acids is 1. The average molecular weight is 184 g/mol. The predicted octanol–water partition coefficient (Wildman–Crippen LogP) is 0.901. The number of hydrogen-bond acceptors (Lipinski definition) is 2. The SMILES string of the molecule is CCNC(=O)C(C)NCC1CCC1. The molecule has 76 valence electrons. The zero-order chi connectivity index (χ0) is 9.68. The molecule has 2 N–H and O–H groups in total. The van der Waals surface area contributed by atoms with Crippen LogP contribution in [0.4, 0.5) is 0 Å². The number of likely N-dealkylation sites (N-methyl/N-ethyl adjacent to an activating group) is 1. The summed E-state index contributed by atoms with van der Waals surface area (Å²) in [5, 5.41) is 6.06. The summed E-state index contributed by atoms with van der Waals surface area (Å²) in [7, 11) is 0. The molecule has 0 saturated heterocycles. The van der Waals surface area contributed by atoms with Crippen molar-refractivity contribution in [3.05, 3.63) is 0 Å². The molecule has 0 aromatic heterocycles. The lowest BCUT2D eigenvalue weighted by atomic mass is 9.85. The molecule has 0 aliphatic heterocycles. The molecule has 0 radical (unpaired) electrons. The molecule has 1 fully saturated rings. The summed E-state index contributed by atoms with van der Waals surface area (Å²) in [6.45, 7) is 5.58. The summed E-state index contributed by atoms with van der Waals surface area (Å²) in [5.74, 6) is 0.929. The number of nitrogens with one attached hydrogen (secondary N) is 2. The minimum Gasteiger partial charge on any atom is -0.355 e. The van der Waals surface area contributed by atoms with Crippen LogP contribution in [-0.2, 0) is 4.79 Å². The van der Waals surface area contributed by atoms with E-state index in [-0.39, 0.29) is 11.9 Å². The van der Waals surface area contributed by atoms with Crippen LogP contribution in [0.5, 0.6) is 0 Å². The lowest BCUT2D eigenvalue weighted by Crippen LogP contribution is -2.44. The Balaban J connectivity index is 2.08. The molecule has 1 unspecified atom stereocenters. The van der Waals surface area contributed by atoms with Crippen LogP contribution in [-0.4, -0.2) is 25.0 Å². The summed E-state index contributed by atoms with van der Waals surface area (Å²) >= 11 is 0. The van der Waals surface area contributed by atoms with E-state index in [1.165, 1.54) is 19.3 Å². The predicted molar refractivity (Wildman–Crippen MR) is 53.5 cm³/mol. The molecule has 1 saturated carbocycles. The third-order valence-electron chi connectivity index (χ3n) is 2.68. The molecule has 1 rings (SSSR count). The van der Waals surface area contributed by atoms with Crippen LogP contribution in [0.2, 0.25) is 0 Å². The van der Waals surface area contributed by atoms with Crippen molar-refractivity contribution in [2.75, 3.05) is 13.1 Å². The highest BCUT2D eigenvalue weighted by Gasteiger charge is 2.19. The van der Waals surface area contributed by atoms with Crippen LogP contribution < -0.4 is 10.6 Å². The van der Waals surface area contributed by atoms with E-state index in [1.807, 2.05) is 13.8 Å². The third-order valence-corrected chi connectivity index (χ3v) is 2.68. The van der Waals surface area contributed by atoms with Crippen LogP contribution in [0.3, 0.4) is 0 Å². The highest BCUT2D eigenvalue weighted by molar-refractivity contribution is 5.81. The molecule has 0 heterocycles. The maximum absolute atomic E-state index is 11.3. The Kier molecular flexibility index (Phi) is 4.22. The minimum atomic E-state index is -0.0412. The molecule has 0 aromatic carbocycles. The van der Waals surface area contributed by atoms with E-state index in [2.05, 4.69) is 10.6 Å². The van der Waals surface area contributed by atoms with Crippen LogP contribution in [0.15, 0.2) is 0 Å². The van der Waals surface area contributed by atoms with Gasteiger partial charge in [0.15, 0.2) is 0 Å².